The average molecular weight is 302 g/mol. The van der Waals surface area contributed by atoms with Crippen molar-refractivity contribution < 1.29 is 14.3 Å². The SMILES string of the molecule is O=C(O)c1cc(-c2cccc(Cl)c2)nc2cc(F)ccc12. The number of aromatic carboxylic acids is 1. The van der Waals surface area contributed by atoms with E-state index in [2.05, 4.69) is 4.98 Å². The molecule has 0 amide bonds. The Morgan fingerprint density at radius 3 is 2.67 bits per heavy atom. The van der Waals surface area contributed by atoms with Gasteiger partial charge in [-0.05, 0) is 30.3 Å². The summed E-state index contributed by atoms with van der Waals surface area (Å²) in [7, 11) is 0. The first kappa shape index (κ1) is 13.5. The standard InChI is InChI=1S/C16H9ClFNO2/c17-10-3-1-2-9(6-10)14-8-13(16(20)21)12-5-4-11(18)7-15(12)19-14/h1-8H,(H,20,21). The van der Waals surface area contributed by atoms with E-state index in [9.17, 15) is 14.3 Å². The molecule has 0 bridgehead atoms. The lowest BCUT2D eigenvalue weighted by Gasteiger charge is -2.07. The molecule has 3 rings (SSSR count). The van der Waals surface area contributed by atoms with Crippen LogP contribution in [0.2, 0.25) is 5.02 Å². The van der Waals surface area contributed by atoms with E-state index >= 15 is 0 Å². The van der Waals surface area contributed by atoms with Crippen LogP contribution in [-0.4, -0.2) is 16.1 Å². The van der Waals surface area contributed by atoms with Crippen LogP contribution in [0.15, 0.2) is 48.5 Å². The van der Waals surface area contributed by atoms with Crippen LogP contribution >= 0.6 is 11.6 Å². The summed E-state index contributed by atoms with van der Waals surface area (Å²) in [5, 5.41) is 10.2. The number of halogens is 2. The van der Waals surface area contributed by atoms with Crippen LogP contribution < -0.4 is 0 Å². The van der Waals surface area contributed by atoms with Crippen molar-refractivity contribution in [3.63, 3.8) is 0 Å². The van der Waals surface area contributed by atoms with Gasteiger partial charge in [-0.25, -0.2) is 14.2 Å². The van der Waals surface area contributed by atoms with Gasteiger partial charge in [-0.15, -0.1) is 0 Å². The van der Waals surface area contributed by atoms with Crippen molar-refractivity contribution in [2.75, 3.05) is 0 Å². The van der Waals surface area contributed by atoms with E-state index in [0.717, 1.165) is 0 Å². The van der Waals surface area contributed by atoms with Crippen molar-refractivity contribution in [1.82, 2.24) is 4.98 Å². The number of aromatic nitrogens is 1. The molecule has 3 aromatic rings. The van der Waals surface area contributed by atoms with Gasteiger partial charge in [0.05, 0.1) is 16.8 Å². The Morgan fingerprint density at radius 1 is 1.14 bits per heavy atom. The molecule has 0 radical (unpaired) electrons. The Bertz CT molecular complexity index is 864. The van der Waals surface area contributed by atoms with Gasteiger partial charge < -0.3 is 5.11 Å². The number of hydrogen-bond donors (Lipinski definition) is 1. The van der Waals surface area contributed by atoms with Crippen LogP contribution in [0, 0.1) is 5.82 Å². The lowest BCUT2D eigenvalue weighted by Crippen LogP contribution is -2.00. The zero-order valence-electron chi connectivity index (χ0n) is 10.7. The summed E-state index contributed by atoms with van der Waals surface area (Å²) >= 11 is 5.94. The lowest BCUT2D eigenvalue weighted by molar-refractivity contribution is 0.0699. The minimum atomic E-state index is -1.09. The van der Waals surface area contributed by atoms with Crippen LogP contribution in [0.5, 0.6) is 0 Å². The van der Waals surface area contributed by atoms with Crippen LogP contribution in [0.1, 0.15) is 10.4 Å². The van der Waals surface area contributed by atoms with Gasteiger partial charge in [0.15, 0.2) is 0 Å². The zero-order valence-corrected chi connectivity index (χ0v) is 11.4. The van der Waals surface area contributed by atoms with Crippen LogP contribution in [-0.2, 0) is 0 Å². The highest BCUT2D eigenvalue weighted by Crippen LogP contribution is 2.27. The van der Waals surface area contributed by atoms with Gasteiger partial charge in [-0.2, -0.15) is 0 Å². The molecule has 1 aromatic heterocycles. The normalized spacial score (nSPS) is 10.8. The Labute approximate surface area is 124 Å². The Morgan fingerprint density at radius 2 is 1.95 bits per heavy atom. The summed E-state index contributed by atoms with van der Waals surface area (Å²) in [5.74, 6) is -1.55. The van der Waals surface area contributed by atoms with E-state index in [4.69, 9.17) is 11.6 Å². The molecule has 0 unspecified atom stereocenters. The molecule has 3 nitrogen and oxygen atoms in total. The largest absolute Gasteiger partial charge is 0.478 e. The van der Waals surface area contributed by atoms with E-state index in [1.54, 1.807) is 24.3 Å². The molecule has 0 spiro atoms. The predicted molar refractivity (Wildman–Crippen MR) is 79.1 cm³/mol. The molecule has 0 fully saturated rings. The fourth-order valence-electron chi connectivity index (χ4n) is 2.17. The van der Waals surface area contributed by atoms with Crippen molar-refractivity contribution in [3.05, 3.63) is 64.9 Å². The second-order valence-corrected chi connectivity index (χ2v) is 4.97. The van der Waals surface area contributed by atoms with E-state index in [0.29, 0.717) is 27.2 Å². The second kappa shape index (κ2) is 5.14. The molecule has 1 heterocycles. The van der Waals surface area contributed by atoms with Crippen molar-refractivity contribution >= 4 is 28.5 Å². The first-order valence-corrected chi connectivity index (χ1v) is 6.52. The van der Waals surface area contributed by atoms with Gasteiger partial charge in [-0.3, -0.25) is 0 Å². The van der Waals surface area contributed by atoms with E-state index in [1.165, 1.54) is 24.3 Å². The average Bonchev–Trinajstić information content (AvgIpc) is 2.45. The monoisotopic (exact) mass is 301 g/mol. The maximum Gasteiger partial charge on any atom is 0.336 e. The van der Waals surface area contributed by atoms with Gasteiger partial charge in [-0.1, -0.05) is 23.7 Å². The van der Waals surface area contributed by atoms with Gasteiger partial charge in [0.25, 0.3) is 0 Å². The Balaban J connectivity index is 2.32. The van der Waals surface area contributed by atoms with Crippen molar-refractivity contribution in [2.24, 2.45) is 0 Å². The molecule has 5 heteroatoms. The highest BCUT2D eigenvalue weighted by Gasteiger charge is 2.13. The molecule has 0 aliphatic carbocycles. The molecule has 104 valence electrons. The number of carboxylic acid groups (broad SMARTS) is 1. The third-order valence-corrected chi connectivity index (χ3v) is 3.36. The molecule has 1 N–H and O–H groups in total. The topological polar surface area (TPSA) is 50.2 Å². The summed E-state index contributed by atoms with van der Waals surface area (Å²) in [6.07, 6.45) is 0. The predicted octanol–water partition coefficient (Wildman–Crippen LogP) is 4.39. The molecule has 0 aliphatic heterocycles. The van der Waals surface area contributed by atoms with Crippen molar-refractivity contribution in [1.29, 1.82) is 0 Å². The number of hydrogen-bond acceptors (Lipinski definition) is 2. The molecule has 21 heavy (non-hydrogen) atoms. The molecule has 2 aromatic carbocycles. The minimum absolute atomic E-state index is 0.0787. The Kier molecular flexibility index (Phi) is 3.31. The molecular formula is C16H9ClFNO2. The number of fused-ring (bicyclic) bond motifs is 1. The maximum absolute atomic E-state index is 13.4. The second-order valence-electron chi connectivity index (χ2n) is 4.53. The highest BCUT2D eigenvalue weighted by molar-refractivity contribution is 6.30. The smallest absolute Gasteiger partial charge is 0.336 e. The van der Waals surface area contributed by atoms with Gasteiger partial charge in [0.1, 0.15) is 5.82 Å². The first-order chi connectivity index (χ1) is 10.0. The molecule has 0 aliphatic rings. The maximum atomic E-state index is 13.4. The minimum Gasteiger partial charge on any atom is -0.478 e. The number of pyridine rings is 1. The van der Waals surface area contributed by atoms with Gasteiger partial charge in [0, 0.05) is 22.0 Å². The third-order valence-electron chi connectivity index (χ3n) is 3.12. The van der Waals surface area contributed by atoms with Crippen LogP contribution in [0.4, 0.5) is 4.39 Å². The summed E-state index contributed by atoms with van der Waals surface area (Å²) in [5.41, 5.74) is 1.49. The number of carbonyl (C=O) groups is 1. The molecular weight excluding hydrogens is 293 g/mol. The lowest BCUT2D eigenvalue weighted by atomic mass is 10.0. The number of carboxylic acids is 1. The quantitative estimate of drug-likeness (QED) is 0.763. The Hall–Kier alpha value is -2.46. The van der Waals surface area contributed by atoms with Crippen molar-refractivity contribution in [3.8, 4) is 11.3 Å². The van der Waals surface area contributed by atoms with Crippen LogP contribution in [0.3, 0.4) is 0 Å². The van der Waals surface area contributed by atoms with E-state index in [-0.39, 0.29) is 5.56 Å². The first-order valence-electron chi connectivity index (χ1n) is 6.14. The van der Waals surface area contributed by atoms with E-state index in [1.807, 2.05) is 0 Å². The molecule has 0 saturated heterocycles. The number of rotatable bonds is 2. The fourth-order valence-corrected chi connectivity index (χ4v) is 2.36. The van der Waals surface area contributed by atoms with E-state index < -0.39 is 11.8 Å². The highest BCUT2D eigenvalue weighted by atomic mass is 35.5. The van der Waals surface area contributed by atoms with Gasteiger partial charge >= 0.3 is 5.97 Å². The summed E-state index contributed by atoms with van der Waals surface area (Å²) in [4.78, 5) is 15.7. The zero-order chi connectivity index (χ0) is 15.0. The number of benzene rings is 2. The summed E-state index contributed by atoms with van der Waals surface area (Å²) in [6, 6.07) is 12.2. The van der Waals surface area contributed by atoms with Crippen molar-refractivity contribution in [2.45, 2.75) is 0 Å². The molecule has 0 saturated carbocycles. The van der Waals surface area contributed by atoms with Crippen LogP contribution in [0.25, 0.3) is 22.2 Å². The fraction of sp³-hybridized carbons (Fsp3) is 0. The number of nitrogens with zero attached hydrogens (tertiary/aromatic N) is 1. The molecule has 0 atom stereocenters. The summed E-state index contributed by atoms with van der Waals surface area (Å²) < 4.78 is 13.4. The van der Waals surface area contributed by atoms with Gasteiger partial charge in [0.2, 0.25) is 0 Å². The third kappa shape index (κ3) is 2.58. The summed E-state index contributed by atoms with van der Waals surface area (Å²) in [6.45, 7) is 0.